The van der Waals surface area contributed by atoms with E-state index in [4.69, 9.17) is 0 Å². The Morgan fingerprint density at radius 1 is 1.13 bits per heavy atom. The molecule has 4 amide bonds. The summed E-state index contributed by atoms with van der Waals surface area (Å²) in [5.41, 5.74) is 0.561. The molecule has 23 heavy (non-hydrogen) atoms. The minimum absolute atomic E-state index is 0.0615. The number of hydrogen-bond acceptors (Lipinski definition) is 3. The fourth-order valence-electron chi connectivity index (χ4n) is 3.48. The van der Waals surface area contributed by atoms with Gasteiger partial charge in [-0.05, 0) is 38.8 Å². The van der Waals surface area contributed by atoms with Crippen LogP contribution in [0.15, 0.2) is 30.3 Å². The number of benzene rings is 1. The van der Waals surface area contributed by atoms with Crippen molar-refractivity contribution in [2.75, 3.05) is 18.0 Å². The summed E-state index contributed by atoms with van der Waals surface area (Å²) in [6.45, 7) is 5.05. The molecule has 1 aromatic rings. The first-order valence-corrected chi connectivity index (χ1v) is 8.10. The molecule has 6 nitrogen and oxygen atoms in total. The molecule has 0 aromatic heterocycles. The number of hydrogen-bond donors (Lipinski definition) is 0. The quantitative estimate of drug-likeness (QED) is 0.797. The van der Waals surface area contributed by atoms with Crippen LogP contribution in [0.2, 0.25) is 0 Å². The third kappa shape index (κ3) is 2.38. The van der Waals surface area contributed by atoms with E-state index in [2.05, 4.69) is 0 Å². The highest BCUT2D eigenvalue weighted by Gasteiger charge is 2.54. The summed E-state index contributed by atoms with van der Waals surface area (Å²) in [5.74, 6) is -0.287. The molecule has 0 aliphatic carbocycles. The van der Waals surface area contributed by atoms with Crippen LogP contribution in [0.1, 0.15) is 26.7 Å². The van der Waals surface area contributed by atoms with E-state index in [1.54, 1.807) is 29.2 Å². The van der Waals surface area contributed by atoms with Gasteiger partial charge in [0, 0.05) is 13.1 Å². The van der Waals surface area contributed by atoms with Gasteiger partial charge in [-0.25, -0.2) is 9.69 Å². The Morgan fingerprint density at radius 2 is 1.78 bits per heavy atom. The number of likely N-dealkylation sites (N-methyl/N-ethyl adjacent to an activating group) is 1. The van der Waals surface area contributed by atoms with E-state index in [9.17, 15) is 14.4 Å². The molecule has 2 heterocycles. The van der Waals surface area contributed by atoms with E-state index < -0.39 is 12.1 Å². The maximum Gasteiger partial charge on any atom is 0.332 e. The van der Waals surface area contributed by atoms with Crippen molar-refractivity contribution >= 4 is 23.5 Å². The topological polar surface area (TPSA) is 60.9 Å². The SMILES string of the molecule is CCN(CC)C(=O)C1CCC2C(=O)N(c3ccccc3)C(=O)N12. The van der Waals surface area contributed by atoms with Crippen LogP contribution in [0.25, 0.3) is 0 Å². The molecule has 1 aromatic carbocycles. The van der Waals surface area contributed by atoms with Crippen molar-refractivity contribution < 1.29 is 14.4 Å². The lowest BCUT2D eigenvalue weighted by Crippen LogP contribution is -2.48. The third-order valence-electron chi connectivity index (χ3n) is 4.68. The normalized spacial score (nSPS) is 23.4. The second kappa shape index (κ2) is 6.02. The summed E-state index contributed by atoms with van der Waals surface area (Å²) >= 11 is 0. The number of nitrogens with zero attached hydrogens (tertiary/aromatic N) is 3. The number of imide groups is 1. The van der Waals surface area contributed by atoms with E-state index in [1.807, 2.05) is 19.9 Å². The molecule has 0 bridgehead atoms. The number of anilines is 1. The molecular formula is C17H21N3O3. The van der Waals surface area contributed by atoms with Crippen LogP contribution in [0.5, 0.6) is 0 Å². The van der Waals surface area contributed by atoms with Crippen LogP contribution in [0, 0.1) is 0 Å². The van der Waals surface area contributed by atoms with Crippen molar-refractivity contribution in [1.82, 2.24) is 9.80 Å². The monoisotopic (exact) mass is 315 g/mol. The second-order valence-corrected chi connectivity index (χ2v) is 5.82. The average molecular weight is 315 g/mol. The van der Waals surface area contributed by atoms with Crippen molar-refractivity contribution in [1.29, 1.82) is 0 Å². The molecule has 2 aliphatic rings. The molecule has 0 N–H and O–H groups in total. The van der Waals surface area contributed by atoms with Crippen LogP contribution in [0.4, 0.5) is 10.5 Å². The Morgan fingerprint density at radius 3 is 2.39 bits per heavy atom. The van der Waals surface area contributed by atoms with Gasteiger partial charge >= 0.3 is 6.03 Å². The second-order valence-electron chi connectivity index (χ2n) is 5.82. The number of rotatable bonds is 4. The molecule has 2 fully saturated rings. The fraction of sp³-hybridized carbons (Fsp3) is 0.471. The van der Waals surface area contributed by atoms with Crippen molar-refractivity contribution in [2.45, 2.75) is 38.8 Å². The highest BCUT2D eigenvalue weighted by molar-refractivity contribution is 6.22. The lowest BCUT2D eigenvalue weighted by Gasteiger charge is -2.28. The smallest absolute Gasteiger partial charge is 0.332 e. The van der Waals surface area contributed by atoms with Gasteiger partial charge in [-0.1, -0.05) is 18.2 Å². The molecule has 2 unspecified atom stereocenters. The molecule has 2 aliphatic heterocycles. The lowest BCUT2D eigenvalue weighted by molar-refractivity contribution is -0.135. The summed E-state index contributed by atoms with van der Waals surface area (Å²) in [4.78, 5) is 42.4. The first-order chi connectivity index (χ1) is 11.1. The summed E-state index contributed by atoms with van der Waals surface area (Å²) in [6.07, 6.45) is 1.10. The summed E-state index contributed by atoms with van der Waals surface area (Å²) in [5, 5.41) is 0. The Labute approximate surface area is 135 Å². The molecule has 2 atom stereocenters. The number of para-hydroxylation sites is 1. The standard InChI is InChI=1S/C17H21N3O3/c1-3-18(4-2)15(21)13-10-11-14-16(22)19(17(23)20(13)14)12-8-6-5-7-9-12/h5-9,13-14H,3-4,10-11H2,1-2H3. The zero-order valence-corrected chi connectivity index (χ0v) is 13.4. The number of fused-ring (bicyclic) bond motifs is 1. The molecule has 6 heteroatoms. The van der Waals surface area contributed by atoms with Crippen LogP contribution in [-0.4, -0.2) is 52.8 Å². The highest BCUT2D eigenvalue weighted by Crippen LogP contribution is 2.35. The Hall–Kier alpha value is -2.37. The maximum atomic E-state index is 12.8. The number of carbonyl (C=O) groups is 3. The van der Waals surface area contributed by atoms with E-state index >= 15 is 0 Å². The first-order valence-electron chi connectivity index (χ1n) is 8.10. The van der Waals surface area contributed by atoms with E-state index in [0.29, 0.717) is 31.6 Å². The molecule has 0 radical (unpaired) electrons. The minimum Gasteiger partial charge on any atom is -0.341 e. The Kier molecular flexibility index (Phi) is 4.07. The highest BCUT2D eigenvalue weighted by atomic mass is 16.2. The van der Waals surface area contributed by atoms with Crippen LogP contribution >= 0.6 is 0 Å². The van der Waals surface area contributed by atoms with Gasteiger partial charge in [0.1, 0.15) is 12.1 Å². The van der Waals surface area contributed by atoms with Crippen LogP contribution in [-0.2, 0) is 9.59 Å². The molecule has 0 saturated carbocycles. The molecular weight excluding hydrogens is 294 g/mol. The minimum atomic E-state index is -0.523. The third-order valence-corrected chi connectivity index (χ3v) is 4.68. The fourth-order valence-corrected chi connectivity index (χ4v) is 3.48. The van der Waals surface area contributed by atoms with E-state index in [-0.39, 0.29) is 17.8 Å². The van der Waals surface area contributed by atoms with Gasteiger partial charge in [-0.2, -0.15) is 0 Å². The van der Waals surface area contributed by atoms with Crippen molar-refractivity contribution in [3.63, 3.8) is 0 Å². The van der Waals surface area contributed by atoms with E-state index in [0.717, 1.165) is 0 Å². The zero-order valence-electron chi connectivity index (χ0n) is 13.4. The number of carbonyl (C=O) groups excluding carboxylic acids is 3. The Bertz CT molecular complexity index is 627. The predicted octanol–water partition coefficient (Wildman–Crippen LogP) is 1.85. The van der Waals surface area contributed by atoms with Crippen molar-refractivity contribution in [3.05, 3.63) is 30.3 Å². The van der Waals surface area contributed by atoms with Gasteiger partial charge in [0.05, 0.1) is 5.69 Å². The van der Waals surface area contributed by atoms with E-state index in [1.165, 1.54) is 9.80 Å². The molecule has 3 rings (SSSR count). The predicted molar refractivity (Wildman–Crippen MR) is 85.9 cm³/mol. The van der Waals surface area contributed by atoms with Crippen molar-refractivity contribution in [3.8, 4) is 0 Å². The maximum absolute atomic E-state index is 12.8. The van der Waals surface area contributed by atoms with Crippen LogP contribution in [0.3, 0.4) is 0 Å². The van der Waals surface area contributed by atoms with Gasteiger partial charge in [-0.15, -0.1) is 0 Å². The average Bonchev–Trinajstić information content (AvgIpc) is 3.10. The largest absolute Gasteiger partial charge is 0.341 e. The van der Waals surface area contributed by atoms with Crippen molar-refractivity contribution in [2.24, 2.45) is 0 Å². The van der Waals surface area contributed by atoms with Gasteiger partial charge in [0.25, 0.3) is 5.91 Å². The molecule has 122 valence electrons. The summed E-state index contributed by atoms with van der Waals surface area (Å²) in [6, 6.07) is 7.47. The number of amides is 4. The lowest BCUT2D eigenvalue weighted by atomic mass is 10.1. The first kappa shape index (κ1) is 15.5. The van der Waals surface area contributed by atoms with Gasteiger partial charge in [0.2, 0.25) is 5.91 Å². The van der Waals surface area contributed by atoms with Crippen LogP contribution < -0.4 is 4.90 Å². The molecule has 0 spiro atoms. The van der Waals surface area contributed by atoms with Gasteiger partial charge in [-0.3, -0.25) is 14.5 Å². The molecule has 2 saturated heterocycles. The summed E-state index contributed by atoms with van der Waals surface area (Å²) < 4.78 is 0. The summed E-state index contributed by atoms with van der Waals surface area (Å²) in [7, 11) is 0. The Balaban J connectivity index is 1.88. The van der Waals surface area contributed by atoms with Gasteiger partial charge in [0.15, 0.2) is 0 Å². The number of urea groups is 1. The zero-order chi connectivity index (χ0) is 16.6. The van der Waals surface area contributed by atoms with Gasteiger partial charge < -0.3 is 4.90 Å².